The maximum Gasteiger partial charge on any atom is 0.257 e. The molecule has 0 aliphatic heterocycles. The number of amides is 1. The van der Waals surface area contributed by atoms with E-state index in [4.69, 9.17) is 4.74 Å². The lowest BCUT2D eigenvalue weighted by molar-refractivity contribution is 0.102. The third-order valence-corrected chi connectivity index (χ3v) is 4.59. The van der Waals surface area contributed by atoms with E-state index in [-0.39, 0.29) is 5.91 Å². The van der Waals surface area contributed by atoms with Gasteiger partial charge in [-0.25, -0.2) is 4.98 Å². The van der Waals surface area contributed by atoms with Crippen molar-refractivity contribution < 1.29 is 9.53 Å². The largest absolute Gasteiger partial charge is 0.494 e. The van der Waals surface area contributed by atoms with Gasteiger partial charge in [0.15, 0.2) is 5.13 Å². The van der Waals surface area contributed by atoms with Crippen molar-refractivity contribution in [1.82, 2.24) is 4.98 Å². The summed E-state index contributed by atoms with van der Waals surface area (Å²) in [5.41, 5.74) is 3.77. The molecule has 0 saturated carbocycles. The van der Waals surface area contributed by atoms with Crippen molar-refractivity contribution in [3.63, 3.8) is 0 Å². The molecule has 0 aliphatic rings. The van der Waals surface area contributed by atoms with Crippen molar-refractivity contribution in [1.29, 1.82) is 0 Å². The van der Waals surface area contributed by atoms with Gasteiger partial charge in [-0.1, -0.05) is 17.4 Å². The summed E-state index contributed by atoms with van der Waals surface area (Å²) in [7, 11) is 0. The Morgan fingerprint density at radius 3 is 2.74 bits per heavy atom. The van der Waals surface area contributed by atoms with E-state index < -0.39 is 0 Å². The number of aromatic nitrogens is 1. The highest BCUT2D eigenvalue weighted by molar-refractivity contribution is 7.22. The normalized spacial score (nSPS) is 10.7. The van der Waals surface area contributed by atoms with Crippen molar-refractivity contribution in [3.05, 3.63) is 53.1 Å². The summed E-state index contributed by atoms with van der Waals surface area (Å²) < 4.78 is 6.48. The standard InChI is InChI=1S/C18H18N2O2S/c1-4-22-14-7-8-15-16(10-14)23-18(19-15)20-17(21)13-6-5-11(2)12(3)9-13/h5-10H,4H2,1-3H3,(H,19,20,21). The Labute approximate surface area is 139 Å². The fraction of sp³-hybridized carbons (Fsp3) is 0.222. The number of benzene rings is 2. The average molecular weight is 326 g/mol. The number of hydrogen-bond acceptors (Lipinski definition) is 4. The first-order chi connectivity index (χ1) is 11.1. The Morgan fingerprint density at radius 1 is 1.17 bits per heavy atom. The number of fused-ring (bicyclic) bond motifs is 1. The smallest absolute Gasteiger partial charge is 0.257 e. The molecule has 1 amide bonds. The molecule has 23 heavy (non-hydrogen) atoms. The molecule has 0 bridgehead atoms. The van der Waals surface area contributed by atoms with Gasteiger partial charge >= 0.3 is 0 Å². The minimum absolute atomic E-state index is 0.141. The van der Waals surface area contributed by atoms with Gasteiger partial charge in [0, 0.05) is 5.56 Å². The number of carbonyl (C=O) groups excluding carboxylic acids is 1. The molecule has 0 atom stereocenters. The van der Waals surface area contributed by atoms with Gasteiger partial charge in [0.1, 0.15) is 5.75 Å². The lowest BCUT2D eigenvalue weighted by Gasteiger charge is -2.04. The number of carbonyl (C=O) groups is 1. The first kappa shape index (κ1) is 15.5. The molecule has 5 heteroatoms. The van der Waals surface area contributed by atoms with Gasteiger partial charge in [-0.05, 0) is 62.2 Å². The first-order valence-corrected chi connectivity index (χ1v) is 8.30. The van der Waals surface area contributed by atoms with E-state index in [1.165, 1.54) is 16.9 Å². The molecule has 0 unspecified atom stereocenters. The SMILES string of the molecule is CCOc1ccc2nc(NC(=O)c3ccc(C)c(C)c3)sc2c1. The summed E-state index contributed by atoms with van der Waals surface area (Å²) in [5.74, 6) is 0.674. The third kappa shape index (κ3) is 3.35. The van der Waals surface area contributed by atoms with Crippen molar-refractivity contribution in [2.24, 2.45) is 0 Å². The lowest BCUT2D eigenvalue weighted by atomic mass is 10.1. The van der Waals surface area contributed by atoms with Crippen LogP contribution in [0.1, 0.15) is 28.4 Å². The van der Waals surface area contributed by atoms with E-state index in [0.29, 0.717) is 17.3 Å². The highest BCUT2D eigenvalue weighted by atomic mass is 32.1. The summed E-state index contributed by atoms with van der Waals surface area (Å²) in [4.78, 5) is 16.8. The van der Waals surface area contributed by atoms with Gasteiger partial charge in [0.2, 0.25) is 0 Å². The molecule has 118 valence electrons. The molecule has 3 rings (SSSR count). The predicted octanol–water partition coefficient (Wildman–Crippen LogP) is 4.56. The van der Waals surface area contributed by atoms with Crippen molar-refractivity contribution in [2.75, 3.05) is 11.9 Å². The van der Waals surface area contributed by atoms with E-state index in [2.05, 4.69) is 10.3 Å². The van der Waals surface area contributed by atoms with E-state index >= 15 is 0 Å². The Hall–Kier alpha value is -2.40. The second-order valence-corrected chi connectivity index (χ2v) is 6.37. The second-order valence-electron chi connectivity index (χ2n) is 5.33. The van der Waals surface area contributed by atoms with Crippen LogP contribution in [0, 0.1) is 13.8 Å². The van der Waals surface area contributed by atoms with E-state index in [0.717, 1.165) is 21.5 Å². The topological polar surface area (TPSA) is 51.2 Å². The van der Waals surface area contributed by atoms with E-state index in [1.54, 1.807) is 0 Å². The lowest BCUT2D eigenvalue weighted by Crippen LogP contribution is -2.11. The molecule has 0 aliphatic carbocycles. The number of thiazole rings is 1. The van der Waals surface area contributed by atoms with Crippen LogP contribution in [-0.2, 0) is 0 Å². The first-order valence-electron chi connectivity index (χ1n) is 7.49. The molecule has 0 radical (unpaired) electrons. The maximum atomic E-state index is 12.4. The van der Waals surface area contributed by atoms with Crippen LogP contribution in [0.15, 0.2) is 36.4 Å². The Bertz CT molecular complexity index is 871. The molecule has 0 spiro atoms. The fourth-order valence-corrected chi connectivity index (χ4v) is 3.16. The molecule has 3 aromatic rings. The van der Waals surface area contributed by atoms with E-state index in [9.17, 15) is 4.79 Å². The summed E-state index contributed by atoms with van der Waals surface area (Å²) in [6, 6.07) is 11.4. The number of nitrogens with one attached hydrogen (secondary N) is 1. The highest BCUT2D eigenvalue weighted by Gasteiger charge is 2.11. The van der Waals surface area contributed by atoms with Crippen molar-refractivity contribution in [2.45, 2.75) is 20.8 Å². The van der Waals surface area contributed by atoms with E-state index in [1.807, 2.05) is 57.2 Å². The quantitative estimate of drug-likeness (QED) is 0.764. The molecule has 0 fully saturated rings. The minimum Gasteiger partial charge on any atom is -0.494 e. The number of rotatable bonds is 4. The Kier molecular flexibility index (Phi) is 4.30. The van der Waals surface area contributed by atoms with Crippen LogP contribution in [0.2, 0.25) is 0 Å². The highest BCUT2D eigenvalue weighted by Crippen LogP contribution is 2.29. The van der Waals surface area contributed by atoms with Crippen LogP contribution in [0.5, 0.6) is 5.75 Å². The van der Waals surface area contributed by atoms with Crippen LogP contribution >= 0.6 is 11.3 Å². The predicted molar refractivity (Wildman–Crippen MR) is 94.7 cm³/mol. The van der Waals surface area contributed by atoms with Crippen molar-refractivity contribution in [3.8, 4) is 5.75 Å². The van der Waals surface area contributed by atoms with Crippen LogP contribution in [0.3, 0.4) is 0 Å². The zero-order chi connectivity index (χ0) is 16.4. The second kappa shape index (κ2) is 6.38. The van der Waals surface area contributed by atoms with Gasteiger partial charge in [0.05, 0.1) is 16.8 Å². The molecule has 1 heterocycles. The Balaban J connectivity index is 1.82. The zero-order valence-electron chi connectivity index (χ0n) is 13.3. The summed E-state index contributed by atoms with van der Waals surface area (Å²) >= 11 is 1.44. The number of aryl methyl sites for hydroxylation is 2. The van der Waals surface area contributed by atoms with Gasteiger partial charge in [-0.2, -0.15) is 0 Å². The number of hydrogen-bond donors (Lipinski definition) is 1. The Morgan fingerprint density at radius 2 is 2.00 bits per heavy atom. The third-order valence-electron chi connectivity index (χ3n) is 3.66. The zero-order valence-corrected chi connectivity index (χ0v) is 14.2. The minimum atomic E-state index is -0.141. The molecular formula is C18H18N2O2S. The van der Waals surface area contributed by atoms with Crippen LogP contribution < -0.4 is 10.1 Å². The van der Waals surface area contributed by atoms with Crippen LogP contribution in [0.4, 0.5) is 5.13 Å². The summed E-state index contributed by atoms with van der Waals surface area (Å²) in [5, 5.41) is 3.47. The van der Waals surface area contributed by atoms with Gasteiger partial charge < -0.3 is 4.74 Å². The van der Waals surface area contributed by atoms with Crippen LogP contribution in [-0.4, -0.2) is 17.5 Å². The maximum absolute atomic E-state index is 12.4. The summed E-state index contributed by atoms with van der Waals surface area (Å²) in [6.45, 7) is 6.60. The molecule has 0 saturated heterocycles. The molecule has 1 N–H and O–H groups in total. The molecule has 2 aromatic carbocycles. The number of nitrogens with zero attached hydrogens (tertiary/aromatic N) is 1. The van der Waals surface area contributed by atoms with Gasteiger partial charge in [-0.3, -0.25) is 10.1 Å². The number of ether oxygens (including phenoxy) is 1. The van der Waals surface area contributed by atoms with Crippen LogP contribution in [0.25, 0.3) is 10.2 Å². The molecule has 4 nitrogen and oxygen atoms in total. The fourth-order valence-electron chi connectivity index (χ4n) is 2.27. The summed E-state index contributed by atoms with van der Waals surface area (Å²) in [6.07, 6.45) is 0. The monoisotopic (exact) mass is 326 g/mol. The van der Waals surface area contributed by atoms with Crippen molar-refractivity contribution >= 4 is 32.6 Å². The number of anilines is 1. The average Bonchev–Trinajstić information content (AvgIpc) is 2.91. The molecular weight excluding hydrogens is 308 g/mol. The molecule has 1 aromatic heterocycles. The van der Waals surface area contributed by atoms with Gasteiger partial charge in [0.25, 0.3) is 5.91 Å². The van der Waals surface area contributed by atoms with Gasteiger partial charge in [-0.15, -0.1) is 0 Å².